The second-order valence-electron chi connectivity index (χ2n) is 4.60. The average Bonchev–Trinajstić information content (AvgIpc) is 2.40. The van der Waals surface area contributed by atoms with E-state index in [-0.39, 0.29) is 17.5 Å². The van der Waals surface area contributed by atoms with Crippen LogP contribution in [0.25, 0.3) is 0 Å². The van der Waals surface area contributed by atoms with Crippen LogP contribution in [0.4, 0.5) is 0 Å². The van der Waals surface area contributed by atoms with Gasteiger partial charge in [0.1, 0.15) is 5.75 Å². The lowest BCUT2D eigenvalue weighted by molar-refractivity contribution is 0.270. The number of rotatable bonds is 8. The second kappa shape index (κ2) is 7.61. The Hall–Kier alpha value is -1.11. The minimum absolute atomic E-state index is 0.0384. The molecule has 5 nitrogen and oxygen atoms in total. The number of hydrogen-bond donors (Lipinski definition) is 2. The molecule has 0 spiro atoms. The third kappa shape index (κ3) is 4.47. The molecule has 1 unspecified atom stereocenters. The zero-order valence-corrected chi connectivity index (χ0v) is 13.0. The molecule has 0 saturated heterocycles. The fourth-order valence-corrected chi connectivity index (χ4v) is 3.33. The van der Waals surface area contributed by atoms with E-state index in [2.05, 4.69) is 4.72 Å². The van der Waals surface area contributed by atoms with Gasteiger partial charge in [-0.3, -0.25) is 0 Å². The van der Waals surface area contributed by atoms with Crippen molar-refractivity contribution in [3.05, 3.63) is 23.8 Å². The highest BCUT2D eigenvalue weighted by atomic mass is 32.2. The SMILES string of the molecule is CCOc1ccc(S(=O)(=O)NC(CC)CCO)cc1C. The first-order chi connectivity index (χ1) is 9.44. The number of aliphatic hydroxyl groups excluding tert-OH is 1. The lowest BCUT2D eigenvalue weighted by Crippen LogP contribution is -2.35. The molecule has 0 fully saturated rings. The number of ether oxygens (including phenoxy) is 1. The molecule has 1 aromatic rings. The Morgan fingerprint density at radius 2 is 2.05 bits per heavy atom. The Morgan fingerprint density at radius 1 is 1.35 bits per heavy atom. The maximum atomic E-state index is 12.3. The van der Waals surface area contributed by atoms with Crippen LogP contribution in [-0.4, -0.2) is 32.8 Å². The van der Waals surface area contributed by atoms with E-state index in [4.69, 9.17) is 9.84 Å². The Labute approximate surface area is 121 Å². The third-order valence-corrected chi connectivity index (χ3v) is 4.57. The summed E-state index contributed by atoms with van der Waals surface area (Å²) >= 11 is 0. The lowest BCUT2D eigenvalue weighted by Gasteiger charge is -2.16. The number of nitrogens with one attached hydrogen (secondary N) is 1. The van der Waals surface area contributed by atoms with Crippen molar-refractivity contribution in [3.8, 4) is 5.75 Å². The summed E-state index contributed by atoms with van der Waals surface area (Å²) in [5, 5.41) is 8.92. The molecule has 6 heteroatoms. The maximum Gasteiger partial charge on any atom is 0.240 e. The van der Waals surface area contributed by atoms with Gasteiger partial charge in [0.25, 0.3) is 0 Å². The zero-order chi connectivity index (χ0) is 15.2. The number of benzene rings is 1. The fourth-order valence-electron chi connectivity index (χ4n) is 1.90. The van der Waals surface area contributed by atoms with Crippen molar-refractivity contribution in [2.45, 2.75) is 44.6 Å². The van der Waals surface area contributed by atoms with Crippen LogP contribution in [0.3, 0.4) is 0 Å². The van der Waals surface area contributed by atoms with E-state index >= 15 is 0 Å². The Kier molecular flexibility index (Phi) is 6.45. The smallest absolute Gasteiger partial charge is 0.240 e. The third-order valence-electron chi connectivity index (χ3n) is 3.05. The van der Waals surface area contributed by atoms with Gasteiger partial charge in [-0.1, -0.05) is 6.92 Å². The molecule has 1 atom stereocenters. The standard InChI is InChI=1S/C14H23NO4S/c1-4-12(8-9-16)15-20(17,18)13-6-7-14(19-5-2)11(3)10-13/h6-7,10,12,15-16H,4-5,8-9H2,1-3H3. The molecule has 1 rings (SSSR count). The van der Waals surface area contributed by atoms with Gasteiger partial charge in [0, 0.05) is 12.6 Å². The van der Waals surface area contributed by atoms with Gasteiger partial charge in [-0.25, -0.2) is 13.1 Å². The van der Waals surface area contributed by atoms with Crippen molar-refractivity contribution in [1.29, 1.82) is 0 Å². The van der Waals surface area contributed by atoms with Crippen molar-refractivity contribution in [1.82, 2.24) is 4.72 Å². The van der Waals surface area contributed by atoms with E-state index in [0.29, 0.717) is 25.2 Å². The van der Waals surface area contributed by atoms with Crippen molar-refractivity contribution in [2.24, 2.45) is 0 Å². The summed E-state index contributed by atoms with van der Waals surface area (Å²) < 4.78 is 32.5. The van der Waals surface area contributed by atoms with Crippen molar-refractivity contribution < 1.29 is 18.3 Å². The number of hydrogen-bond acceptors (Lipinski definition) is 4. The predicted octanol–water partition coefficient (Wildman–Crippen LogP) is 1.83. The van der Waals surface area contributed by atoms with Crippen molar-refractivity contribution >= 4 is 10.0 Å². The number of aliphatic hydroxyl groups is 1. The van der Waals surface area contributed by atoms with E-state index in [9.17, 15) is 8.42 Å². The molecule has 0 aromatic heterocycles. The van der Waals surface area contributed by atoms with Gasteiger partial charge < -0.3 is 9.84 Å². The first kappa shape index (κ1) is 16.9. The van der Waals surface area contributed by atoms with Crippen molar-refractivity contribution in [3.63, 3.8) is 0 Å². The van der Waals surface area contributed by atoms with Crippen LogP contribution in [0, 0.1) is 6.92 Å². The summed E-state index contributed by atoms with van der Waals surface area (Å²) in [5.74, 6) is 0.689. The first-order valence-electron chi connectivity index (χ1n) is 6.81. The quantitative estimate of drug-likeness (QED) is 0.768. The van der Waals surface area contributed by atoms with Gasteiger partial charge in [-0.2, -0.15) is 0 Å². The summed E-state index contributed by atoms with van der Waals surface area (Å²) in [5.41, 5.74) is 0.782. The van der Waals surface area contributed by atoms with E-state index in [1.807, 2.05) is 20.8 Å². The highest BCUT2D eigenvalue weighted by Gasteiger charge is 2.19. The Balaban J connectivity index is 2.95. The summed E-state index contributed by atoms with van der Waals surface area (Å²) in [6.07, 6.45) is 1.04. The average molecular weight is 301 g/mol. The minimum Gasteiger partial charge on any atom is -0.494 e. The van der Waals surface area contributed by atoms with Gasteiger partial charge in [0.05, 0.1) is 11.5 Å². The molecule has 0 heterocycles. The van der Waals surface area contributed by atoms with E-state index < -0.39 is 10.0 Å². The van der Waals surface area contributed by atoms with Crippen LogP contribution in [0.1, 0.15) is 32.3 Å². The van der Waals surface area contributed by atoms with E-state index in [1.165, 1.54) is 6.07 Å². The minimum atomic E-state index is -3.56. The molecular weight excluding hydrogens is 278 g/mol. The van der Waals surface area contributed by atoms with Crippen LogP contribution in [0.2, 0.25) is 0 Å². The van der Waals surface area contributed by atoms with Gasteiger partial charge in [0.15, 0.2) is 0 Å². The Bertz CT molecular complexity index is 528. The summed E-state index contributed by atoms with van der Waals surface area (Å²) in [6, 6.07) is 4.54. The van der Waals surface area contributed by atoms with Gasteiger partial charge in [-0.15, -0.1) is 0 Å². The zero-order valence-electron chi connectivity index (χ0n) is 12.2. The molecule has 0 radical (unpaired) electrons. The molecule has 20 heavy (non-hydrogen) atoms. The number of aryl methyl sites for hydroxylation is 1. The monoisotopic (exact) mass is 301 g/mol. The van der Waals surface area contributed by atoms with Crippen LogP contribution in [0.5, 0.6) is 5.75 Å². The molecule has 0 aliphatic carbocycles. The molecule has 114 valence electrons. The van der Waals surface area contributed by atoms with Gasteiger partial charge >= 0.3 is 0 Å². The molecule has 2 N–H and O–H groups in total. The molecular formula is C14H23NO4S. The highest BCUT2D eigenvalue weighted by Crippen LogP contribution is 2.22. The first-order valence-corrected chi connectivity index (χ1v) is 8.29. The van der Waals surface area contributed by atoms with Crippen LogP contribution >= 0.6 is 0 Å². The summed E-state index contributed by atoms with van der Waals surface area (Å²) in [7, 11) is -3.56. The largest absolute Gasteiger partial charge is 0.494 e. The summed E-state index contributed by atoms with van der Waals surface area (Å²) in [6.45, 7) is 6.08. The van der Waals surface area contributed by atoms with Crippen LogP contribution in [-0.2, 0) is 10.0 Å². The van der Waals surface area contributed by atoms with E-state index in [0.717, 1.165) is 5.56 Å². The highest BCUT2D eigenvalue weighted by molar-refractivity contribution is 7.89. The van der Waals surface area contributed by atoms with E-state index in [1.54, 1.807) is 12.1 Å². The molecule has 0 saturated carbocycles. The Morgan fingerprint density at radius 3 is 2.55 bits per heavy atom. The summed E-state index contributed by atoms with van der Waals surface area (Å²) in [4.78, 5) is 0.217. The maximum absolute atomic E-state index is 12.3. The topological polar surface area (TPSA) is 75.6 Å². The molecule has 0 amide bonds. The van der Waals surface area contributed by atoms with Crippen LogP contribution in [0.15, 0.2) is 23.1 Å². The molecule has 1 aromatic carbocycles. The van der Waals surface area contributed by atoms with Gasteiger partial charge in [0.2, 0.25) is 10.0 Å². The molecule has 0 aliphatic heterocycles. The second-order valence-corrected chi connectivity index (χ2v) is 6.31. The fraction of sp³-hybridized carbons (Fsp3) is 0.571. The predicted molar refractivity (Wildman–Crippen MR) is 78.5 cm³/mol. The van der Waals surface area contributed by atoms with Gasteiger partial charge in [-0.05, 0) is 50.5 Å². The van der Waals surface area contributed by atoms with Crippen LogP contribution < -0.4 is 9.46 Å². The van der Waals surface area contributed by atoms with Crippen molar-refractivity contribution in [2.75, 3.05) is 13.2 Å². The normalized spacial score (nSPS) is 13.2. The molecule has 0 bridgehead atoms. The number of sulfonamides is 1. The lowest BCUT2D eigenvalue weighted by atomic mass is 10.2. The molecule has 0 aliphatic rings.